The number of ether oxygens (including phenoxy) is 1. The summed E-state index contributed by atoms with van der Waals surface area (Å²) < 4.78 is 5.46. The van der Waals surface area contributed by atoms with Gasteiger partial charge in [0.05, 0.1) is 5.52 Å². The highest BCUT2D eigenvalue weighted by Gasteiger charge is 2.16. The Balaban J connectivity index is 1.64. The third-order valence-corrected chi connectivity index (χ3v) is 3.87. The van der Waals surface area contributed by atoms with Gasteiger partial charge < -0.3 is 4.74 Å². The molecule has 1 aromatic heterocycles. The Morgan fingerprint density at radius 1 is 1.19 bits per heavy atom. The molecule has 3 heteroatoms. The van der Waals surface area contributed by atoms with Crippen LogP contribution in [0.1, 0.15) is 37.7 Å². The van der Waals surface area contributed by atoms with Crippen molar-refractivity contribution in [2.24, 2.45) is 0 Å². The molecule has 0 saturated heterocycles. The average Bonchev–Trinajstić information content (AvgIpc) is 2.54. The summed E-state index contributed by atoms with van der Waals surface area (Å²) in [4.78, 5) is 16.1. The summed E-state index contributed by atoms with van der Waals surface area (Å²) in [6, 6.07) is 9.86. The first-order chi connectivity index (χ1) is 10.3. The number of carbonyl (C=O) groups excluding carboxylic acids is 1. The average molecular weight is 281 g/mol. The molecule has 1 fully saturated rings. The van der Waals surface area contributed by atoms with Crippen molar-refractivity contribution in [1.29, 1.82) is 0 Å². The Bertz CT molecular complexity index is 657. The van der Waals surface area contributed by atoms with Gasteiger partial charge in [-0.2, -0.15) is 0 Å². The van der Waals surface area contributed by atoms with Crippen LogP contribution in [0.2, 0.25) is 0 Å². The van der Waals surface area contributed by atoms with Gasteiger partial charge in [0.1, 0.15) is 6.10 Å². The van der Waals surface area contributed by atoms with E-state index < -0.39 is 0 Å². The molecule has 108 valence electrons. The van der Waals surface area contributed by atoms with Crippen LogP contribution in [0.5, 0.6) is 0 Å². The first-order valence-electron chi connectivity index (χ1n) is 7.55. The molecular weight excluding hydrogens is 262 g/mol. The van der Waals surface area contributed by atoms with Crippen LogP contribution in [0, 0.1) is 0 Å². The van der Waals surface area contributed by atoms with Crippen molar-refractivity contribution in [3.63, 3.8) is 0 Å². The fourth-order valence-electron chi connectivity index (χ4n) is 2.75. The number of esters is 1. The van der Waals surface area contributed by atoms with Crippen molar-refractivity contribution in [3.05, 3.63) is 48.2 Å². The molecule has 0 spiro atoms. The summed E-state index contributed by atoms with van der Waals surface area (Å²) in [6.07, 6.45) is 10.8. The van der Waals surface area contributed by atoms with Crippen molar-refractivity contribution in [3.8, 4) is 0 Å². The first kappa shape index (κ1) is 13.8. The van der Waals surface area contributed by atoms with E-state index in [1.54, 1.807) is 12.3 Å². The number of carbonyl (C=O) groups is 1. The normalized spacial score (nSPS) is 16.4. The van der Waals surface area contributed by atoms with E-state index in [0.717, 1.165) is 29.3 Å². The smallest absolute Gasteiger partial charge is 0.331 e. The predicted octanol–water partition coefficient (Wildman–Crippen LogP) is 4.12. The van der Waals surface area contributed by atoms with E-state index in [4.69, 9.17) is 4.74 Å². The number of pyridine rings is 1. The summed E-state index contributed by atoms with van der Waals surface area (Å²) in [7, 11) is 0. The molecule has 1 aliphatic carbocycles. The van der Waals surface area contributed by atoms with Gasteiger partial charge in [-0.3, -0.25) is 4.98 Å². The highest BCUT2D eigenvalue weighted by molar-refractivity contribution is 5.88. The lowest BCUT2D eigenvalue weighted by atomic mass is 9.98. The highest BCUT2D eigenvalue weighted by Crippen LogP contribution is 2.20. The Kier molecular flexibility index (Phi) is 4.29. The third kappa shape index (κ3) is 3.69. The summed E-state index contributed by atoms with van der Waals surface area (Å²) in [5.74, 6) is -0.242. The van der Waals surface area contributed by atoms with Crippen LogP contribution >= 0.6 is 0 Å². The molecule has 1 saturated carbocycles. The van der Waals surface area contributed by atoms with E-state index in [9.17, 15) is 4.79 Å². The topological polar surface area (TPSA) is 39.2 Å². The fraction of sp³-hybridized carbons (Fsp3) is 0.333. The van der Waals surface area contributed by atoms with Crippen molar-refractivity contribution < 1.29 is 9.53 Å². The maximum atomic E-state index is 11.8. The first-order valence-corrected chi connectivity index (χ1v) is 7.55. The molecule has 0 unspecified atom stereocenters. The second-order valence-corrected chi connectivity index (χ2v) is 5.49. The molecule has 3 rings (SSSR count). The van der Waals surface area contributed by atoms with Gasteiger partial charge in [-0.05, 0) is 55.5 Å². The van der Waals surface area contributed by atoms with Crippen LogP contribution in [0.3, 0.4) is 0 Å². The van der Waals surface area contributed by atoms with Gasteiger partial charge in [-0.25, -0.2) is 4.79 Å². The lowest BCUT2D eigenvalue weighted by molar-refractivity contribution is -0.144. The van der Waals surface area contributed by atoms with Gasteiger partial charge in [0, 0.05) is 17.7 Å². The monoisotopic (exact) mass is 281 g/mol. The molecule has 0 N–H and O–H groups in total. The number of rotatable bonds is 3. The third-order valence-electron chi connectivity index (χ3n) is 3.87. The standard InChI is InChI=1S/C18H19NO2/c20-18(21-16-6-2-1-3-7-16)11-9-14-8-10-17-15(13-14)5-4-12-19-17/h4-5,8-13,16H,1-3,6-7H2/b11-9+. The molecule has 21 heavy (non-hydrogen) atoms. The molecule has 0 amide bonds. The summed E-state index contributed by atoms with van der Waals surface area (Å²) in [5, 5.41) is 1.07. The second kappa shape index (κ2) is 6.53. The SMILES string of the molecule is O=C(/C=C/c1ccc2ncccc2c1)OC1CCCCC1. The van der Waals surface area contributed by atoms with Crippen molar-refractivity contribution in [1.82, 2.24) is 4.98 Å². The van der Waals surface area contributed by atoms with Crippen LogP contribution < -0.4 is 0 Å². The van der Waals surface area contributed by atoms with E-state index in [-0.39, 0.29) is 12.1 Å². The quantitative estimate of drug-likeness (QED) is 0.627. The minimum Gasteiger partial charge on any atom is -0.459 e. The number of benzene rings is 1. The van der Waals surface area contributed by atoms with E-state index in [1.807, 2.05) is 30.3 Å². The summed E-state index contributed by atoms with van der Waals surface area (Å²) in [6.45, 7) is 0. The van der Waals surface area contributed by atoms with Gasteiger partial charge >= 0.3 is 5.97 Å². The lowest BCUT2D eigenvalue weighted by Crippen LogP contribution is -2.19. The summed E-state index contributed by atoms with van der Waals surface area (Å²) in [5.41, 5.74) is 1.94. The maximum Gasteiger partial charge on any atom is 0.331 e. The summed E-state index contributed by atoms with van der Waals surface area (Å²) >= 11 is 0. The zero-order valence-electron chi connectivity index (χ0n) is 12.0. The second-order valence-electron chi connectivity index (χ2n) is 5.49. The molecular formula is C18H19NO2. The molecule has 1 aromatic carbocycles. The van der Waals surface area contributed by atoms with E-state index in [1.165, 1.54) is 25.3 Å². The molecule has 0 atom stereocenters. The molecule has 3 nitrogen and oxygen atoms in total. The zero-order chi connectivity index (χ0) is 14.5. The van der Waals surface area contributed by atoms with Crippen LogP contribution in [0.25, 0.3) is 17.0 Å². The van der Waals surface area contributed by atoms with Gasteiger partial charge in [0.25, 0.3) is 0 Å². The Hall–Kier alpha value is -2.16. The number of hydrogen-bond donors (Lipinski definition) is 0. The Labute approximate surface area is 124 Å². The largest absolute Gasteiger partial charge is 0.459 e. The highest BCUT2D eigenvalue weighted by atomic mass is 16.5. The van der Waals surface area contributed by atoms with E-state index in [2.05, 4.69) is 4.98 Å². The van der Waals surface area contributed by atoms with Gasteiger partial charge in [-0.15, -0.1) is 0 Å². The number of nitrogens with zero attached hydrogens (tertiary/aromatic N) is 1. The number of aromatic nitrogens is 1. The lowest BCUT2D eigenvalue weighted by Gasteiger charge is -2.20. The van der Waals surface area contributed by atoms with Crippen LogP contribution in [0.15, 0.2) is 42.6 Å². The van der Waals surface area contributed by atoms with Crippen LogP contribution in [-0.2, 0) is 9.53 Å². The van der Waals surface area contributed by atoms with Crippen molar-refractivity contribution >= 4 is 22.9 Å². The molecule has 0 bridgehead atoms. The maximum absolute atomic E-state index is 11.8. The van der Waals surface area contributed by atoms with E-state index >= 15 is 0 Å². The Morgan fingerprint density at radius 3 is 2.90 bits per heavy atom. The van der Waals surface area contributed by atoms with Crippen molar-refractivity contribution in [2.45, 2.75) is 38.2 Å². The van der Waals surface area contributed by atoms with Gasteiger partial charge in [-0.1, -0.05) is 18.6 Å². The number of hydrogen-bond acceptors (Lipinski definition) is 3. The molecule has 2 aromatic rings. The minimum absolute atomic E-state index is 0.108. The minimum atomic E-state index is -0.242. The van der Waals surface area contributed by atoms with Crippen LogP contribution in [0.4, 0.5) is 0 Å². The molecule has 1 heterocycles. The van der Waals surface area contributed by atoms with Gasteiger partial charge in [0.15, 0.2) is 0 Å². The van der Waals surface area contributed by atoms with Crippen LogP contribution in [-0.4, -0.2) is 17.1 Å². The van der Waals surface area contributed by atoms with Crippen molar-refractivity contribution in [2.75, 3.05) is 0 Å². The zero-order valence-corrected chi connectivity index (χ0v) is 12.0. The predicted molar refractivity (Wildman–Crippen MR) is 83.7 cm³/mol. The fourth-order valence-corrected chi connectivity index (χ4v) is 2.75. The molecule has 0 aliphatic heterocycles. The van der Waals surface area contributed by atoms with E-state index in [0.29, 0.717) is 0 Å². The molecule has 1 aliphatic rings. The van der Waals surface area contributed by atoms with Gasteiger partial charge in [0.2, 0.25) is 0 Å². The Morgan fingerprint density at radius 2 is 2.05 bits per heavy atom. The number of fused-ring (bicyclic) bond motifs is 1. The molecule has 0 radical (unpaired) electrons.